The van der Waals surface area contributed by atoms with Crippen molar-refractivity contribution in [2.75, 3.05) is 13.2 Å². The summed E-state index contributed by atoms with van der Waals surface area (Å²) in [5.41, 5.74) is 0. The van der Waals surface area contributed by atoms with Crippen LogP contribution >= 0.6 is 0 Å². The van der Waals surface area contributed by atoms with Gasteiger partial charge in [-0.3, -0.25) is 9.59 Å². The van der Waals surface area contributed by atoms with Gasteiger partial charge in [-0.05, 0) is 45.1 Å². The molecule has 5 nitrogen and oxygen atoms in total. The van der Waals surface area contributed by atoms with Crippen LogP contribution in [0.2, 0.25) is 0 Å². The molecule has 1 saturated carbocycles. The number of likely N-dealkylation sites (tertiary alicyclic amines) is 1. The minimum absolute atomic E-state index is 0. The van der Waals surface area contributed by atoms with Gasteiger partial charge in [0.1, 0.15) is 0 Å². The molecule has 1 heterocycles. The molecule has 1 aliphatic heterocycles. The maximum atomic E-state index is 11.8. The van der Waals surface area contributed by atoms with E-state index in [1.807, 2.05) is 18.4 Å². The van der Waals surface area contributed by atoms with E-state index in [-0.39, 0.29) is 69.4 Å². The number of carbonyl (C=O) groups is 2. The Morgan fingerprint density at radius 3 is 2.68 bits per heavy atom. The first-order valence-corrected chi connectivity index (χ1v) is 9.18. The second-order valence-electron chi connectivity index (χ2n) is 6.55. The third kappa shape index (κ3) is 9.68. The summed E-state index contributed by atoms with van der Waals surface area (Å²) >= 11 is 0. The van der Waals surface area contributed by atoms with Gasteiger partial charge in [-0.25, -0.2) is 6.54 Å². The average Bonchev–Trinajstić information content (AvgIpc) is 3.10. The Morgan fingerprint density at radius 2 is 2.00 bits per heavy atom. The molecule has 6 heteroatoms. The Kier molecular flexibility index (Phi) is 14.5. The van der Waals surface area contributed by atoms with Gasteiger partial charge in [0.25, 0.3) is 0 Å². The monoisotopic (exact) mass is 375 g/mol. The fourth-order valence-corrected chi connectivity index (χ4v) is 3.08. The van der Waals surface area contributed by atoms with Gasteiger partial charge >= 0.3 is 57.4 Å². The van der Waals surface area contributed by atoms with Gasteiger partial charge in [0.2, 0.25) is 0 Å². The van der Waals surface area contributed by atoms with Crippen molar-refractivity contribution < 1.29 is 65.7 Å². The summed E-state index contributed by atoms with van der Waals surface area (Å²) in [6.07, 6.45) is 13.7. The number of unbranched alkanes of at least 4 members (excludes halogenated alkanes) is 4. The molecule has 0 radical (unpaired) electrons. The topological polar surface area (TPSA) is 80.1 Å². The second-order valence-corrected chi connectivity index (χ2v) is 6.55. The molecule has 2 aliphatic rings. The maximum absolute atomic E-state index is 11.8. The summed E-state index contributed by atoms with van der Waals surface area (Å²) in [6, 6.07) is 0. The minimum atomic E-state index is -0.0398. The molecule has 2 unspecified atom stereocenters. The Labute approximate surface area is 195 Å². The summed E-state index contributed by atoms with van der Waals surface area (Å²) in [6.45, 7) is 5.28. The molecule has 0 bridgehead atoms. The van der Waals surface area contributed by atoms with Gasteiger partial charge in [0, 0.05) is 6.42 Å². The van der Waals surface area contributed by atoms with Crippen molar-refractivity contribution in [2.24, 2.45) is 11.8 Å². The number of amides is 1. The van der Waals surface area contributed by atoms with Crippen LogP contribution in [0.1, 0.15) is 64.7 Å². The number of hydrogen-bond donors (Lipinski definition) is 0. The number of rotatable bonds is 10. The third-order valence-corrected chi connectivity index (χ3v) is 4.60. The standard InChI is InChI=1S/C19H30NO3.K.H2N/c1-2-23-19(22)17-15-16(17)11-7-5-3-4-6-8-12-18(21)20-13-9-10-14-20;;/h7,11,13,16-17H,2-6,8-10,12,14-15H2,1H3;;1H2/q-1;+1;-1/b11-7-;;. The average molecular weight is 376 g/mol. The predicted molar refractivity (Wildman–Crippen MR) is 95.6 cm³/mol. The molecule has 0 spiro atoms. The number of nitrogens with two attached hydrogens (primary N) is 1. The van der Waals surface area contributed by atoms with Crippen molar-refractivity contribution in [2.45, 2.75) is 64.7 Å². The van der Waals surface area contributed by atoms with Gasteiger partial charge in [0.05, 0.1) is 12.5 Å². The molecule has 2 N–H and O–H groups in total. The van der Waals surface area contributed by atoms with E-state index in [4.69, 9.17) is 4.74 Å². The molecule has 1 amide bonds. The number of esters is 1. The van der Waals surface area contributed by atoms with E-state index in [2.05, 4.69) is 12.2 Å². The van der Waals surface area contributed by atoms with Crippen LogP contribution in [0.4, 0.5) is 0 Å². The van der Waals surface area contributed by atoms with E-state index < -0.39 is 0 Å². The van der Waals surface area contributed by atoms with Crippen LogP contribution in [-0.2, 0) is 14.3 Å². The van der Waals surface area contributed by atoms with Crippen LogP contribution in [0.25, 0.3) is 6.15 Å². The first kappa shape index (κ1) is 25.3. The normalized spacial score (nSPS) is 21.6. The van der Waals surface area contributed by atoms with Crippen LogP contribution in [0.15, 0.2) is 12.2 Å². The summed E-state index contributed by atoms with van der Waals surface area (Å²) in [4.78, 5) is 25.2. The SMILES string of the molecule is CCOC(=O)C1CC1/C=C\CCCCCCC(=O)N1[CH-]CCC1.[K+].[NH2-]. The van der Waals surface area contributed by atoms with E-state index >= 15 is 0 Å². The molecule has 2 fully saturated rings. The van der Waals surface area contributed by atoms with E-state index in [9.17, 15) is 9.59 Å². The maximum Gasteiger partial charge on any atom is 1.00 e. The summed E-state index contributed by atoms with van der Waals surface area (Å²) in [5, 5.41) is 0. The summed E-state index contributed by atoms with van der Waals surface area (Å²) < 4.78 is 5.02. The van der Waals surface area contributed by atoms with Crippen molar-refractivity contribution in [3.63, 3.8) is 0 Å². The number of allylic oxidation sites excluding steroid dienone is 2. The van der Waals surface area contributed by atoms with E-state index in [0.29, 0.717) is 24.9 Å². The van der Waals surface area contributed by atoms with Crippen molar-refractivity contribution in [3.8, 4) is 0 Å². The number of hydrogen-bond acceptors (Lipinski definition) is 3. The largest absolute Gasteiger partial charge is 1.00 e. The Bertz CT molecular complexity index is 423. The molecule has 2 rings (SSSR count). The van der Waals surface area contributed by atoms with E-state index in [0.717, 1.165) is 51.5 Å². The fraction of sp³-hybridized carbons (Fsp3) is 0.737. The van der Waals surface area contributed by atoms with Gasteiger partial charge in [-0.2, -0.15) is 6.42 Å². The molecule has 138 valence electrons. The van der Waals surface area contributed by atoms with E-state index in [1.54, 1.807) is 0 Å². The van der Waals surface area contributed by atoms with E-state index in [1.165, 1.54) is 6.42 Å². The van der Waals surface area contributed by atoms with Gasteiger partial charge in [0.15, 0.2) is 5.91 Å². The molecule has 2 atom stereocenters. The first-order valence-electron chi connectivity index (χ1n) is 9.18. The van der Waals surface area contributed by atoms with Crippen molar-refractivity contribution in [1.29, 1.82) is 0 Å². The Morgan fingerprint density at radius 1 is 1.24 bits per heavy atom. The minimum Gasteiger partial charge on any atom is -0.693 e. The van der Waals surface area contributed by atoms with Crippen molar-refractivity contribution in [1.82, 2.24) is 4.90 Å². The molecule has 0 aromatic heterocycles. The first-order chi connectivity index (χ1) is 11.2. The van der Waals surface area contributed by atoms with Crippen LogP contribution in [0, 0.1) is 18.4 Å². The zero-order valence-corrected chi connectivity index (χ0v) is 19.0. The van der Waals surface area contributed by atoms with Gasteiger partial charge in [-0.15, -0.1) is 0 Å². The Balaban J connectivity index is 0.00000288. The van der Waals surface area contributed by atoms with Crippen LogP contribution in [0.3, 0.4) is 0 Å². The van der Waals surface area contributed by atoms with Crippen LogP contribution in [-0.4, -0.2) is 29.9 Å². The molecule has 1 aliphatic carbocycles. The Hall–Kier alpha value is 0.276. The fourth-order valence-electron chi connectivity index (χ4n) is 3.08. The zero-order valence-electron chi connectivity index (χ0n) is 15.9. The summed E-state index contributed by atoms with van der Waals surface area (Å²) in [5.74, 6) is 0.770. The number of carbonyl (C=O) groups excluding carboxylic acids is 2. The molecular weight excluding hydrogens is 343 g/mol. The quantitative estimate of drug-likeness (QED) is 0.191. The summed E-state index contributed by atoms with van der Waals surface area (Å²) in [7, 11) is 0. The molecular formula is C19H32KN2O3-. The smallest absolute Gasteiger partial charge is 0.693 e. The third-order valence-electron chi connectivity index (χ3n) is 4.60. The van der Waals surface area contributed by atoms with Crippen molar-refractivity contribution >= 4 is 11.9 Å². The van der Waals surface area contributed by atoms with Gasteiger partial charge < -0.3 is 15.8 Å². The zero-order chi connectivity index (χ0) is 16.5. The second kappa shape index (κ2) is 14.3. The van der Waals surface area contributed by atoms with Gasteiger partial charge in [-0.1, -0.05) is 31.4 Å². The number of nitrogens with zero attached hydrogens (tertiary/aromatic N) is 1. The van der Waals surface area contributed by atoms with Crippen LogP contribution in [0.5, 0.6) is 0 Å². The predicted octanol–water partition coefficient (Wildman–Crippen LogP) is 1.59. The molecule has 0 aromatic carbocycles. The molecule has 1 saturated heterocycles. The van der Waals surface area contributed by atoms with Crippen molar-refractivity contribution in [3.05, 3.63) is 24.8 Å². The van der Waals surface area contributed by atoms with Crippen LogP contribution < -0.4 is 51.4 Å². The number of ether oxygens (including phenoxy) is 1. The molecule has 25 heavy (non-hydrogen) atoms. The molecule has 0 aromatic rings.